The van der Waals surface area contributed by atoms with Gasteiger partial charge in [-0.1, -0.05) is 27.2 Å². The molecule has 4 nitrogen and oxygen atoms in total. The van der Waals surface area contributed by atoms with Crippen molar-refractivity contribution in [2.75, 3.05) is 5.32 Å². The van der Waals surface area contributed by atoms with E-state index >= 15 is 0 Å². The van der Waals surface area contributed by atoms with Gasteiger partial charge in [0.05, 0.1) is 0 Å². The number of nitrogens with one attached hydrogen (secondary N) is 1. The van der Waals surface area contributed by atoms with Crippen molar-refractivity contribution in [1.82, 2.24) is 5.16 Å². The molecule has 0 radical (unpaired) electrons. The van der Waals surface area contributed by atoms with Crippen molar-refractivity contribution >= 4 is 27.5 Å². The van der Waals surface area contributed by atoms with Crippen LogP contribution < -0.4 is 5.32 Å². The number of halogens is 1. The van der Waals surface area contributed by atoms with Gasteiger partial charge in [-0.3, -0.25) is 4.79 Å². The van der Waals surface area contributed by atoms with E-state index in [4.69, 9.17) is 4.52 Å². The highest BCUT2D eigenvalue weighted by atomic mass is 79.9. The van der Waals surface area contributed by atoms with Gasteiger partial charge in [0, 0.05) is 16.2 Å². The monoisotopic (exact) mass is 294 g/mol. The van der Waals surface area contributed by atoms with Gasteiger partial charge in [-0.15, -0.1) is 0 Å². The van der Waals surface area contributed by atoms with Crippen LogP contribution in [-0.2, 0) is 0 Å². The molecule has 88 valence electrons. The third-order valence-corrected chi connectivity index (χ3v) is 3.14. The minimum Gasteiger partial charge on any atom is -0.361 e. The van der Waals surface area contributed by atoms with Gasteiger partial charge >= 0.3 is 0 Å². The van der Waals surface area contributed by atoms with E-state index in [2.05, 4.69) is 26.4 Å². The molecule has 5 heteroatoms. The average Bonchev–Trinajstić information content (AvgIpc) is 2.70. The Kier molecular flexibility index (Phi) is 3.28. The average molecular weight is 295 g/mol. The van der Waals surface area contributed by atoms with Crippen LogP contribution in [0.4, 0.5) is 5.69 Å². The fraction of sp³-hybridized carbons (Fsp3) is 0.167. The van der Waals surface area contributed by atoms with Crippen molar-refractivity contribution in [2.45, 2.75) is 13.8 Å². The highest BCUT2D eigenvalue weighted by molar-refractivity contribution is 9.10. The molecule has 0 unspecified atom stereocenters. The lowest BCUT2D eigenvalue weighted by molar-refractivity contribution is 0.101. The lowest BCUT2D eigenvalue weighted by atomic mass is 10.2. The van der Waals surface area contributed by atoms with Gasteiger partial charge in [-0.2, -0.15) is 0 Å². The minimum absolute atomic E-state index is 0.277. The highest BCUT2D eigenvalue weighted by Crippen LogP contribution is 2.21. The van der Waals surface area contributed by atoms with Gasteiger partial charge in [-0.05, 0) is 31.5 Å². The second-order valence-corrected chi connectivity index (χ2v) is 4.60. The molecule has 0 bridgehead atoms. The lowest BCUT2D eigenvalue weighted by Gasteiger charge is -2.04. The largest absolute Gasteiger partial charge is 0.361 e. The molecule has 1 aromatic heterocycles. The van der Waals surface area contributed by atoms with Gasteiger partial charge in [0.2, 0.25) is 0 Å². The highest BCUT2D eigenvalue weighted by Gasteiger charge is 2.11. The number of amides is 1. The molecule has 0 aliphatic rings. The molecular formula is C12H11BrN2O2. The maximum absolute atomic E-state index is 11.8. The van der Waals surface area contributed by atoms with Gasteiger partial charge in [0.25, 0.3) is 5.91 Å². The van der Waals surface area contributed by atoms with Gasteiger partial charge in [-0.25, -0.2) is 0 Å². The molecule has 0 saturated heterocycles. The first-order chi connectivity index (χ1) is 8.06. The van der Waals surface area contributed by atoms with Crippen molar-refractivity contribution in [3.63, 3.8) is 0 Å². The molecule has 0 fully saturated rings. The van der Waals surface area contributed by atoms with E-state index in [0.29, 0.717) is 11.4 Å². The molecule has 0 saturated carbocycles. The van der Waals surface area contributed by atoms with E-state index in [1.807, 2.05) is 25.1 Å². The first kappa shape index (κ1) is 11.9. The van der Waals surface area contributed by atoms with Crippen LogP contribution >= 0.6 is 15.9 Å². The number of carbonyl (C=O) groups is 1. The fourth-order valence-electron chi connectivity index (χ4n) is 1.34. The Labute approximate surface area is 107 Å². The summed E-state index contributed by atoms with van der Waals surface area (Å²) < 4.78 is 5.80. The molecule has 0 spiro atoms. The topological polar surface area (TPSA) is 55.1 Å². The number of carbonyl (C=O) groups excluding carboxylic acids is 1. The predicted octanol–water partition coefficient (Wildman–Crippen LogP) is 3.31. The fourth-order valence-corrected chi connectivity index (χ4v) is 1.72. The molecule has 17 heavy (non-hydrogen) atoms. The van der Waals surface area contributed by atoms with Gasteiger partial charge in [0.15, 0.2) is 5.69 Å². The quantitative estimate of drug-likeness (QED) is 0.924. The van der Waals surface area contributed by atoms with Crippen LogP contribution in [0.25, 0.3) is 0 Å². The third-order valence-electron chi connectivity index (χ3n) is 2.29. The zero-order valence-electron chi connectivity index (χ0n) is 9.45. The molecule has 1 heterocycles. The lowest BCUT2D eigenvalue weighted by Crippen LogP contribution is -2.12. The maximum atomic E-state index is 11.8. The van der Waals surface area contributed by atoms with Gasteiger partial charge < -0.3 is 9.84 Å². The standard InChI is InChI=1S/C12H11BrN2O2/c1-7-3-4-9(6-10(7)13)14-12(16)11-5-8(2)17-15-11/h3-6H,1-2H3,(H,14,16). The van der Waals surface area contributed by atoms with E-state index < -0.39 is 0 Å². The Morgan fingerprint density at radius 2 is 2.12 bits per heavy atom. The van der Waals surface area contributed by atoms with E-state index in [1.54, 1.807) is 13.0 Å². The Morgan fingerprint density at radius 1 is 1.35 bits per heavy atom. The first-order valence-electron chi connectivity index (χ1n) is 5.07. The number of rotatable bonds is 2. The van der Waals surface area contributed by atoms with Crippen molar-refractivity contribution in [1.29, 1.82) is 0 Å². The molecule has 1 N–H and O–H groups in total. The number of anilines is 1. The Balaban J connectivity index is 2.15. The van der Waals surface area contributed by atoms with Crippen LogP contribution in [-0.4, -0.2) is 11.1 Å². The van der Waals surface area contributed by atoms with Crippen LogP contribution in [0.2, 0.25) is 0 Å². The Morgan fingerprint density at radius 3 is 2.71 bits per heavy atom. The summed E-state index contributed by atoms with van der Waals surface area (Å²) >= 11 is 3.41. The van der Waals surface area contributed by atoms with Gasteiger partial charge in [0.1, 0.15) is 5.76 Å². The van der Waals surface area contributed by atoms with Crippen LogP contribution in [0.1, 0.15) is 21.8 Å². The second-order valence-electron chi connectivity index (χ2n) is 3.74. The molecule has 0 aliphatic heterocycles. The number of aryl methyl sites for hydroxylation is 2. The summed E-state index contributed by atoms with van der Waals surface area (Å²) in [5.41, 5.74) is 2.10. The summed E-state index contributed by atoms with van der Waals surface area (Å²) in [6, 6.07) is 7.21. The number of aromatic nitrogens is 1. The summed E-state index contributed by atoms with van der Waals surface area (Å²) in [4.78, 5) is 11.8. The van der Waals surface area contributed by atoms with Crippen LogP contribution in [0, 0.1) is 13.8 Å². The van der Waals surface area contributed by atoms with Crippen molar-refractivity contribution in [3.8, 4) is 0 Å². The van der Waals surface area contributed by atoms with Crippen LogP contribution in [0.5, 0.6) is 0 Å². The van der Waals surface area contributed by atoms with E-state index in [-0.39, 0.29) is 11.6 Å². The van der Waals surface area contributed by atoms with E-state index in [0.717, 1.165) is 10.0 Å². The normalized spacial score (nSPS) is 10.3. The molecule has 0 aliphatic carbocycles. The molecule has 1 aromatic carbocycles. The summed E-state index contributed by atoms with van der Waals surface area (Å²) in [6.45, 7) is 3.73. The first-order valence-corrected chi connectivity index (χ1v) is 5.86. The SMILES string of the molecule is Cc1cc(C(=O)Nc2ccc(C)c(Br)c2)no1. The predicted molar refractivity (Wildman–Crippen MR) is 68.1 cm³/mol. The number of nitrogens with zero attached hydrogens (tertiary/aromatic N) is 1. The summed E-state index contributed by atoms with van der Waals surface area (Å²) in [7, 11) is 0. The smallest absolute Gasteiger partial charge is 0.277 e. The molecule has 2 aromatic rings. The summed E-state index contributed by atoms with van der Waals surface area (Å²) in [6.07, 6.45) is 0. The summed E-state index contributed by atoms with van der Waals surface area (Å²) in [5.74, 6) is 0.331. The Hall–Kier alpha value is -1.62. The molecule has 1 amide bonds. The molecule has 2 rings (SSSR count). The zero-order chi connectivity index (χ0) is 12.4. The van der Waals surface area contributed by atoms with Crippen LogP contribution in [0.3, 0.4) is 0 Å². The van der Waals surface area contributed by atoms with E-state index in [9.17, 15) is 4.79 Å². The van der Waals surface area contributed by atoms with Crippen molar-refractivity contribution in [3.05, 3.63) is 45.8 Å². The maximum Gasteiger partial charge on any atom is 0.277 e. The minimum atomic E-state index is -0.280. The molecule has 0 atom stereocenters. The third kappa shape index (κ3) is 2.74. The van der Waals surface area contributed by atoms with Crippen LogP contribution in [0.15, 0.2) is 33.3 Å². The molecular weight excluding hydrogens is 284 g/mol. The van der Waals surface area contributed by atoms with Crippen molar-refractivity contribution in [2.24, 2.45) is 0 Å². The number of hydrogen-bond donors (Lipinski definition) is 1. The number of benzene rings is 1. The Bertz CT molecular complexity index is 563. The zero-order valence-corrected chi connectivity index (χ0v) is 11.0. The number of hydrogen-bond acceptors (Lipinski definition) is 3. The van der Waals surface area contributed by atoms with Crippen molar-refractivity contribution < 1.29 is 9.32 Å². The second kappa shape index (κ2) is 4.71. The van der Waals surface area contributed by atoms with E-state index in [1.165, 1.54) is 0 Å². The summed E-state index contributed by atoms with van der Waals surface area (Å²) in [5, 5.41) is 6.40.